The van der Waals surface area contributed by atoms with Crippen molar-refractivity contribution in [1.82, 2.24) is 14.8 Å². The molecule has 6 nitrogen and oxygen atoms in total. The van der Waals surface area contributed by atoms with E-state index in [1.165, 1.54) is 0 Å². The number of pyridine rings is 1. The molecule has 2 aromatic heterocycles. The summed E-state index contributed by atoms with van der Waals surface area (Å²) >= 11 is 0. The maximum absolute atomic E-state index is 11.3. The molecule has 20 heavy (non-hydrogen) atoms. The van der Waals surface area contributed by atoms with Gasteiger partial charge in [0.05, 0.1) is 17.9 Å². The van der Waals surface area contributed by atoms with E-state index in [9.17, 15) is 9.90 Å². The van der Waals surface area contributed by atoms with E-state index in [-0.39, 0.29) is 5.56 Å². The number of hydrogen-bond acceptors (Lipinski definition) is 4. The Kier molecular flexibility index (Phi) is 4.02. The van der Waals surface area contributed by atoms with Gasteiger partial charge in [-0.15, -0.1) is 0 Å². The van der Waals surface area contributed by atoms with Crippen molar-refractivity contribution >= 4 is 11.8 Å². The van der Waals surface area contributed by atoms with Gasteiger partial charge in [-0.1, -0.05) is 13.0 Å². The Morgan fingerprint density at radius 3 is 2.90 bits per heavy atom. The third-order valence-corrected chi connectivity index (χ3v) is 3.22. The first-order valence-corrected chi connectivity index (χ1v) is 6.48. The fourth-order valence-corrected chi connectivity index (χ4v) is 2.24. The van der Waals surface area contributed by atoms with Crippen LogP contribution in [0.3, 0.4) is 0 Å². The minimum absolute atomic E-state index is 0.210. The Hall–Kier alpha value is -2.37. The molecule has 0 saturated heterocycles. The van der Waals surface area contributed by atoms with E-state index >= 15 is 0 Å². The second-order valence-electron chi connectivity index (χ2n) is 4.55. The molecule has 0 aliphatic carbocycles. The smallest absolute Gasteiger partial charge is 0.341 e. The highest BCUT2D eigenvalue weighted by atomic mass is 16.4. The van der Waals surface area contributed by atoms with Crippen LogP contribution in [0.5, 0.6) is 0 Å². The van der Waals surface area contributed by atoms with Gasteiger partial charge in [0, 0.05) is 13.2 Å². The van der Waals surface area contributed by atoms with Crippen LogP contribution in [0, 0.1) is 6.92 Å². The third kappa shape index (κ3) is 2.64. The monoisotopic (exact) mass is 274 g/mol. The average Bonchev–Trinajstić information content (AvgIpc) is 2.71. The van der Waals surface area contributed by atoms with E-state index < -0.39 is 5.97 Å². The minimum Gasteiger partial charge on any atom is -0.477 e. The summed E-state index contributed by atoms with van der Waals surface area (Å²) in [5.74, 6) is -0.474. The number of hydrogen-bond donors (Lipinski definition) is 2. The van der Waals surface area contributed by atoms with Crippen LogP contribution < -0.4 is 5.32 Å². The van der Waals surface area contributed by atoms with Crippen LogP contribution >= 0.6 is 0 Å². The Morgan fingerprint density at radius 2 is 2.25 bits per heavy atom. The Morgan fingerprint density at radius 1 is 1.50 bits per heavy atom. The number of aryl methyl sites for hydroxylation is 3. The summed E-state index contributed by atoms with van der Waals surface area (Å²) < 4.78 is 1.55. The highest BCUT2D eigenvalue weighted by molar-refractivity contribution is 5.94. The van der Waals surface area contributed by atoms with Crippen molar-refractivity contribution in [1.29, 1.82) is 0 Å². The zero-order chi connectivity index (χ0) is 14.7. The molecule has 106 valence electrons. The molecule has 0 amide bonds. The van der Waals surface area contributed by atoms with Crippen molar-refractivity contribution in [2.75, 3.05) is 5.32 Å². The Balaban J connectivity index is 2.25. The van der Waals surface area contributed by atoms with E-state index in [0.717, 1.165) is 17.7 Å². The topological polar surface area (TPSA) is 80.0 Å². The van der Waals surface area contributed by atoms with Crippen molar-refractivity contribution < 1.29 is 9.90 Å². The number of anilines is 1. The van der Waals surface area contributed by atoms with Gasteiger partial charge in [-0.3, -0.25) is 9.67 Å². The van der Waals surface area contributed by atoms with Gasteiger partial charge < -0.3 is 10.4 Å². The molecule has 2 rings (SSSR count). The molecule has 0 aliphatic heterocycles. The Labute approximate surface area is 117 Å². The largest absolute Gasteiger partial charge is 0.477 e. The zero-order valence-corrected chi connectivity index (χ0v) is 11.8. The van der Waals surface area contributed by atoms with Crippen LogP contribution in [0.25, 0.3) is 0 Å². The second-order valence-corrected chi connectivity index (χ2v) is 4.55. The molecule has 0 atom stereocenters. The fraction of sp³-hybridized carbons (Fsp3) is 0.357. The van der Waals surface area contributed by atoms with E-state index in [2.05, 4.69) is 22.3 Å². The molecule has 2 aromatic rings. The van der Waals surface area contributed by atoms with E-state index in [0.29, 0.717) is 18.1 Å². The molecule has 0 aromatic carbocycles. The van der Waals surface area contributed by atoms with Gasteiger partial charge in [-0.05, 0) is 25.0 Å². The van der Waals surface area contributed by atoms with Crippen molar-refractivity contribution in [3.05, 3.63) is 40.8 Å². The van der Waals surface area contributed by atoms with Gasteiger partial charge in [0.2, 0.25) is 0 Å². The normalized spacial score (nSPS) is 10.6. The van der Waals surface area contributed by atoms with Crippen molar-refractivity contribution in [2.24, 2.45) is 7.05 Å². The molecular formula is C14H18N4O2. The van der Waals surface area contributed by atoms with Crippen LogP contribution in [-0.4, -0.2) is 25.8 Å². The summed E-state index contributed by atoms with van der Waals surface area (Å²) in [6.45, 7) is 4.23. The lowest BCUT2D eigenvalue weighted by Gasteiger charge is -2.10. The number of aromatic carboxylic acids is 1. The van der Waals surface area contributed by atoms with Gasteiger partial charge in [0.25, 0.3) is 0 Å². The van der Waals surface area contributed by atoms with Gasteiger partial charge >= 0.3 is 5.97 Å². The summed E-state index contributed by atoms with van der Waals surface area (Å²) in [6, 6.07) is 3.93. The molecular weight excluding hydrogens is 256 g/mol. The zero-order valence-electron chi connectivity index (χ0n) is 11.8. The van der Waals surface area contributed by atoms with E-state index in [1.54, 1.807) is 24.9 Å². The minimum atomic E-state index is -0.977. The quantitative estimate of drug-likeness (QED) is 0.871. The molecule has 2 heterocycles. The lowest BCUT2D eigenvalue weighted by atomic mass is 10.1. The van der Waals surface area contributed by atoms with Crippen molar-refractivity contribution in [3.63, 3.8) is 0 Å². The van der Waals surface area contributed by atoms with Crippen molar-refractivity contribution in [2.45, 2.75) is 26.8 Å². The number of aromatic nitrogens is 3. The van der Waals surface area contributed by atoms with Gasteiger partial charge in [0.1, 0.15) is 11.4 Å². The average molecular weight is 274 g/mol. The first-order valence-electron chi connectivity index (χ1n) is 6.48. The maximum Gasteiger partial charge on any atom is 0.341 e. The molecule has 0 radical (unpaired) electrons. The lowest BCUT2D eigenvalue weighted by Crippen LogP contribution is -2.11. The van der Waals surface area contributed by atoms with Crippen LogP contribution in [0.1, 0.15) is 34.2 Å². The number of rotatable bonds is 5. The van der Waals surface area contributed by atoms with E-state index in [4.69, 9.17) is 0 Å². The summed E-state index contributed by atoms with van der Waals surface area (Å²) in [5.41, 5.74) is 2.78. The molecule has 0 bridgehead atoms. The van der Waals surface area contributed by atoms with Crippen LogP contribution in [0.4, 0.5) is 5.82 Å². The summed E-state index contributed by atoms with van der Waals surface area (Å²) in [5, 5.41) is 16.5. The fourth-order valence-electron chi connectivity index (χ4n) is 2.24. The first-order chi connectivity index (χ1) is 9.54. The number of carboxylic acids is 1. The molecule has 0 aliphatic rings. The molecule has 0 fully saturated rings. The molecule has 0 spiro atoms. The van der Waals surface area contributed by atoms with Crippen LogP contribution in [0.15, 0.2) is 18.3 Å². The predicted octanol–water partition coefficient (Wildman–Crippen LogP) is 2.00. The molecule has 6 heteroatoms. The van der Waals surface area contributed by atoms with Gasteiger partial charge in [-0.2, -0.15) is 5.10 Å². The molecule has 0 saturated carbocycles. The number of carboxylic acid groups (broad SMARTS) is 1. The summed E-state index contributed by atoms with van der Waals surface area (Å²) in [4.78, 5) is 15.6. The van der Waals surface area contributed by atoms with Crippen molar-refractivity contribution in [3.8, 4) is 0 Å². The van der Waals surface area contributed by atoms with Gasteiger partial charge in [-0.25, -0.2) is 4.79 Å². The summed E-state index contributed by atoms with van der Waals surface area (Å²) in [6.07, 6.45) is 2.63. The highest BCUT2D eigenvalue weighted by Crippen LogP contribution is 2.19. The maximum atomic E-state index is 11.3. The molecule has 0 unspecified atom stereocenters. The SMILES string of the molecule is CCc1cccnc1CNc1c(C(=O)O)c(C)nn1C. The number of nitrogens with one attached hydrogen (secondary N) is 1. The third-order valence-electron chi connectivity index (χ3n) is 3.22. The summed E-state index contributed by atoms with van der Waals surface area (Å²) in [7, 11) is 1.72. The lowest BCUT2D eigenvalue weighted by molar-refractivity contribution is 0.0697. The number of carbonyl (C=O) groups is 1. The first kappa shape index (κ1) is 14.0. The highest BCUT2D eigenvalue weighted by Gasteiger charge is 2.19. The Bertz CT molecular complexity index is 634. The van der Waals surface area contributed by atoms with Crippen LogP contribution in [0.2, 0.25) is 0 Å². The second kappa shape index (κ2) is 5.73. The standard InChI is InChI=1S/C14H18N4O2/c1-4-10-6-5-7-15-11(10)8-16-13-12(14(19)20)9(2)17-18(13)3/h5-7,16H,4,8H2,1-3H3,(H,19,20). The van der Waals surface area contributed by atoms with Crippen LogP contribution in [-0.2, 0) is 20.0 Å². The predicted molar refractivity (Wildman–Crippen MR) is 75.8 cm³/mol. The van der Waals surface area contributed by atoms with E-state index in [1.807, 2.05) is 12.1 Å². The molecule has 2 N–H and O–H groups in total. The number of nitrogens with zero attached hydrogens (tertiary/aromatic N) is 3. The van der Waals surface area contributed by atoms with Gasteiger partial charge in [0.15, 0.2) is 0 Å².